The number of amides is 1. The molecule has 10 nitrogen and oxygen atoms in total. The molecule has 1 saturated heterocycles. The number of aliphatic hydroxyl groups is 1. The summed E-state index contributed by atoms with van der Waals surface area (Å²) in [6, 6.07) is 7.68. The Bertz CT molecular complexity index is 1490. The lowest BCUT2D eigenvalue weighted by molar-refractivity contribution is -0.188. The van der Waals surface area contributed by atoms with Crippen LogP contribution in [0.3, 0.4) is 0 Å². The lowest BCUT2D eigenvalue weighted by Gasteiger charge is -2.42. The highest BCUT2D eigenvalue weighted by molar-refractivity contribution is 5.93. The molecule has 3 N–H and O–H groups in total. The van der Waals surface area contributed by atoms with Crippen LogP contribution in [0, 0.1) is 18.2 Å². The minimum Gasteiger partial charge on any atom is -0.479 e. The molecule has 1 aliphatic rings. The fourth-order valence-corrected chi connectivity index (χ4v) is 5.81. The van der Waals surface area contributed by atoms with Crippen LogP contribution in [0.2, 0.25) is 0 Å². The molecule has 1 aromatic carbocycles. The molecule has 2 atom stereocenters. The number of aromatic nitrogens is 3. The number of fused-ring (bicyclic) bond motifs is 1. The third-order valence-corrected chi connectivity index (χ3v) is 8.31. The predicted octanol–water partition coefficient (Wildman–Crippen LogP) is 5.03. The summed E-state index contributed by atoms with van der Waals surface area (Å²) in [5, 5.41) is 28.6. The number of rotatable bonds is 11. The number of aryl methyl sites for hydroxylation is 2. The first-order valence-corrected chi connectivity index (χ1v) is 15.4. The summed E-state index contributed by atoms with van der Waals surface area (Å²) in [5.74, 6) is -1.34. The van der Waals surface area contributed by atoms with E-state index in [4.69, 9.17) is 9.72 Å². The van der Waals surface area contributed by atoms with Gasteiger partial charge in [0, 0.05) is 25.7 Å². The van der Waals surface area contributed by atoms with Crippen molar-refractivity contribution < 1.29 is 28.9 Å². The predicted molar refractivity (Wildman–Crippen MR) is 166 cm³/mol. The number of piperidine rings is 1. The second kappa shape index (κ2) is 12.8. The third-order valence-electron chi connectivity index (χ3n) is 8.31. The molecule has 0 saturated carbocycles. The number of carboxylic acid groups (broad SMARTS) is 1. The van der Waals surface area contributed by atoms with E-state index in [0.29, 0.717) is 48.7 Å². The molecule has 0 spiro atoms. The van der Waals surface area contributed by atoms with Crippen LogP contribution in [0.1, 0.15) is 94.5 Å². The number of carbonyl (C=O) groups is 2. The minimum absolute atomic E-state index is 0.0110. The van der Waals surface area contributed by atoms with E-state index in [-0.39, 0.29) is 29.9 Å². The van der Waals surface area contributed by atoms with Crippen molar-refractivity contribution in [3.05, 3.63) is 58.7 Å². The Labute approximate surface area is 258 Å². The molecule has 2 unspecified atom stereocenters. The van der Waals surface area contributed by atoms with E-state index >= 15 is 0 Å². The van der Waals surface area contributed by atoms with Crippen LogP contribution in [-0.2, 0) is 21.6 Å². The van der Waals surface area contributed by atoms with E-state index in [1.54, 1.807) is 36.6 Å². The van der Waals surface area contributed by atoms with Gasteiger partial charge in [0.05, 0.1) is 23.0 Å². The molecule has 1 fully saturated rings. The molecule has 3 aromatic rings. The van der Waals surface area contributed by atoms with Gasteiger partial charge in [-0.3, -0.25) is 4.79 Å². The van der Waals surface area contributed by atoms with Crippen LogP contribution < -0.4 is 10.2 Å². The number of hydrogen-bond donors (Lipinski definition) is 3. The maximum Gasteiger partial charge on any atom is 0.340 e. The highest BCUT2D eigenvalue weighted by atomic mass is 19.1. The summed E-state index contributed by atoms with van der Waals surface area (Å²) in [5.41, 5.74) is 0.00381. The van der Waals surface area contributed by atoms with Gasteiger partial charge in [0.1, 0.15) is 11.6 Å². The van der Waals surface area contributed by atoms with Gasteiger partial charge in [0.15, 0.2) is 16.9 Å². The number of benzene rings is 1. The zero-order valence-electron chi connectivity index (χ0n) is 26.9. The van der Waals surface area contributed by atoms with Gasteiger partial charge in [-0.05, 0) is 82.9 Å². The lowest BCUT2D eigenvalue weighted by Crippen LogP contribution is -2.47. The summed E-state index contributed by atoms with van der Waals surface area (Å²) in [6.07, 6.45) is 2.06. The first-order valence-electron chi connectivity index (χ1n) is 15.4. The first kappa shape index (κ1) is 33.3. The maximum absolute atomic E-state index is 13.2. The van der Waals surface area contributed by atoms with E-state index in [9.17, 15) is 24.2 Å². The van der Waals surface area contributed by atoms with Gasteiger partial charge in [-0.15, -0.1) is 0 Å². The largest absolute Gasteiger partial charge is 0.479 e. The van der Waals surface area contributed by atoms with Crippen molar-refractivity contribution in [1.29, 1.82) is 0 Å². The third kappa shape index (κ3) is 7.38. The zero-order chi connectivity index (χ0) is 32.4. The van der Waals surface area contributed by atoms with Crippen LogP contribution in [0.15, 0.2) is 30.3 Å². The van der Waals surface area contributed by atoms with Gasteiger partial charge in [-0.2, -0.15) is 9.61 Å². The second-order valence-electron chi connectivity index (χ2n) is 13.6. The van der Waals surface area contributed by atoms with Crippen LogP contribution in [0.5, 0.6) is 0 Å². The summed E-state index contributed by atoms with van der Waals surface area (Å²) in [6.45, 7) is 14.9. The SMILES string of the molecule is CCC(OC(C)(C)C)(C(=O)O)c1c(C)nc2cc(C(=O)NCC(O)CCc3ccc(F)cc3)nn2c1N1CCC(C)(C)CC1. The number of halogens is 1. The molecule has 11 heteroatoms. The number of nitrogens with zero attached hydrogens (tertiary/aromatic N) is 4. The minimum atomic E-state index is -1.70. The molecule has 4 rings (SSSR count). The molecule has 2 aromatic heterocycles. The number of carbonyl (C=O) groups excluding carboxylic acids is 1. The number of anilines is 1. The van der Waals surface area contributed by atoms with E-state index in [1.165, 1.54) is 12.1 Å². The number of nitrogens with one attached hydrogen (secondary N) is 1. The number of hydrogen-bond acceptors (Lipinski definition) is 7. The molecule has 3 heterocycles. The van der Waals surface area contributed by atoms with Gasteiger partial charge in [-0.25, -0.2) is 14.2 Å². The van der Waals surface area contributed by atoms with Gasteiger partial charge >= 0.3 is 5.97 Å². The second-order valence-corrected chi connectivity index (χ2v) is 13.6. The summed E-state index contributed by atoms with van der Waals surface area (Å²) in [7, 11) is 0. The van der Waals surface area contributed by atoms with Crippen LogP contribution >= 0.6 is 0 Å². The Balaban J connectivity index is 1.69. The monoisotopic (exact) mass is 611 g/mol. The lowest BCUT2D eigenvalue weighted by atomic mass is 9.82. The smallest absolute Gasteiger partial charge is 0.340 e. The quantitative estimate of drug-likeness (QED) is 0.275. The fourth-order valence-electron chi connectivity index (χ4n) is 5.81. The van der Waals surface area contributed by atoms with Crippen molar-refractivity contribution in [2.45, 2.75) is 97.9 Å². The van der Waals surface area contributed by atoms with Crippen LogP contribution in [-0.4, -0.2) is 68.0 Å². The molecule has 240 valence electrons. The fraction of sp³-hybridized carbons (Fsp3) is 0.576. The van der Waals surface area contributed by atoms with Crippen molar-refractivity contribution in [2.75, 3.05) is 24.5 Å². The topological polar surface area (TPSA) is 129 Å². The highest BCUT2D eigenvalue weighted by Crippen LogP contribution is 2.43. The molecule has 0 bridgehead atoms. The van der Waals surface area contributed by atoms with E-state index in [0.717, 1.165) is 18.4 Å². The normalized spacial score (nSPS) is 17.3. The Morgan fingerprint density at radius 1 is 1.16 bits per heavy atom. The molecule has 1 aliphatic heterocycles. The number of carboxylic acids is 1. The van der Waals surface area contributed by atoms with Gasteiger partial charge in [-0.1, -0.05) is 32.9 Å². The van der Waals surface area contributed by atoms with Gasteiger partial charge in [0.25, 0.3) is 5.91 Å². The Kier molecular flexibility index (Phi) is 9.70. The molecular formula is C33H46FN5O5. The number of ether oxygens (including phenoxy) is 1. The van der Waals surface area contributed by atoms with Gasteiger partial charge < -0.3 is 25.2 Å². The number of aliphatic carboxylic acids is 1. The van der Waals surface area contributed by atoms with Crippen molar-refractivity contribution in [3.8, 4) is 0 Å². The van der Waals surface area contributed by atoms with Gasteiger partial charge in [0.2, 0.25) is 0 Å². The Morgan fingerprint density at radius 3 is 2.36 bits per heavy atom. The van der Waals surface area contributed by atoms with Crippen molar-refractivity contribution in [3.63, 3.8) is 0 Å². The highest BCUT2D eigenvalue weighted by Gasteiger charge is 2.48. The first-order chi connectivity index (χ1) is 20.5. The summed E-state index contributed by atoms with van der Waals surface area (Å²) < 4.78 is 21.1. The standard InChI is InChI=1S/C33H46FN5O5/c1-8-33(30(42)43,44-31(3,4)5)27-21(2)36-26-19-25(37-39(26)29(27)38-17-15-32(6,7)16-18-38)28(41)35-20-24(40)14-11-22-9-12-23(34)13-10-22/h9-10,12-13,19,24,40H,8,11,14-18,20H2,1-7H3,(H,35,41)(H,42,43). The zero-order valence-corrected chi connectivity index (χ0v) is 26.9. The molecule has 1 amide bonds. The molecular weight excluding hydrogens is 565 g/mol. The average molecular weight is 612 g/mol. The van der Waals surface area contributed by atoms with Crippen molar-refractivity contribution in [1.82, 2.24) is 19.9 Å². The Morgan fingerprint density at radius 2 is 1.80 bits per heavy atom. The van der Waals surface area contributed by atoms with Crippen molar-refractivity contribution in [2.24, 2.45) is 5.41 Å². The average Bonchev–Trinajstić information content (AvgIpc) is 3.37. The number of aliphatic hydroxyl groups excluding tert-OH is 1. The van der Waals surface area contributed by atoms with E-state index in [2.05, 4.69) is 29.2 Å². The Hall–Kier alpha value is -3.57. The van der Waals surface area contributed by atoms with Crippen molar-refractivity contribution >= 4 is 23.3 Å². The molecule has 44 heavy (non-hydrogen) atoms. The van der Waals surface area contributed by atoms with E-state index in [1.807, 2.05) is 20.8 Å². The van der Waals surface area contributed by atoms with E-state index < -0.39 is 29.2 Å². The molecule has 0 aliphatic carbocycles. The summed E-state index contributed by atoms with van der Waals surface area (Å²) in [4.78, 5) is 33.2. The van der Waals surface area contributed by atoms with Crippen LogP contribution in [0.25, 0.3) is 5.65 Å². The maximum atomic E-state index is 13.2. The molecule has 0 radical (unpaired) electrons. The summed E-state index contributed by atoms with van der Waals surface area (Å²) >= 11 is 0. The van der Waals surface area contributed by atoms with Crippen LogP contribution in [0.4, 0.5) is 10.2 Å².